The molecule has 15 heteroatoms. The van der Waals surface area contributed by atoms with E-state index in [2.05, 4.69) is 0 Å². The Kier molecular flexibility index (Phi) is 7.55. The van der Waals surface area contributed by atoms with Crippen LogP contribution >= 0.6 is 35.0 Å². The van der Waals surface area contributed by atoms with Crippen molar-refractivity contribution in [1.29, 1.82) is 0 Å². The second kappa shape index (κ2) is 9.93. The van der Waals surface area contributed by atoms with Gasteiger partial charge in [-0.25, -0.2) is 13.2 Å². The van der Waals surface area contributed by atoms with Crippen molar-refractivity contribution in [2.45, 2.75) is 20.9 Å². The van der Waals surface area contributed by atoms with Crippen molar-refractivity contribution in [3.05, 3.63) is 85.9 Å². The number of alkyl halides is 3. The molecular formula is C20H11Cl2F3N2O6S2. The Morgan fingerprint density at radius 1 is 1.03 bits per heavy atom. The van der Waals surface area contributed by atoms with Gasteiger partial charge in [0, 0.05) is 11.0 Å². The zero-order valence-electron chi connectivity index (χ0n) is 16.8. The van der Waals surface area contributed by atoms with Crippen molar-refractivity contribution in [3.8, 4) is 0 Å². The largest absolute Gasteiger partial charge is 0.478 e. The third kappa shape index (κ3) is 6.17. The van der Waals surface area contributed by atoms with E-state index < -0.39 is 54.5 Å². The molecule has 3 aromatic rings. The van der Waals surface area contributed by atoms with E-state index in [1.165, 1.54) is 18.2 Å². The Bertz CT molecular complexity index is 1450. The highest BCUT2D eigenvalue weighted by atomic mass is 35.5. The standard InChI is InChI=1S/C20H11Cl2F3N2O6S2/c21-14-5-2-11(8-15(14)22)34-18-6-3-12(9-17(18)27(30)31)35(32,33)26-16-7-10(20(23,24)25)1-4-13(16)19(28)29/h1-9,26H,(H,28,29). The average molecular weight is 567 g/mol. The average Bonchev–Trinajstić information content (AvgIpc) is 2.75. The number of hydrogen-bond donors (Lipinski definition) is 2. The van der Waals surface area contributed by atoms with Gasteiger partial charge in [-0.2, -0.15) is 13.2 Å². The van der Waals surface area contributed by atoms with E-state index in [4.69, 9.17) is 23.2 Å². The summed E-state index contributed by atoms with van der Waals surface area (Å²) in [5.41, 5.74) is -3.52. The smallest absolute Gasteiger partial charge is 0.416 e. The first-order valence-electron chi connectivity index (χ1n) is 9.08. The molecule has 8 nitrogen and oxygen atoms in total. The number of halogens is 5. The Hall–Kier alpha value is -3.00. The Morgan fingerprint density at radius 3 is 2.29 bits per heavy atom. The second-order valence-corrected chi connectivity index (χ2v) is 10.3. The van der Waals surface area contributed by atoms with Crippen molar-refractivity contribution < 1.29 is 36.4 Å². The number of aromatic carboxylic acids is 1. The number of carboxylic acid groups (broad SMARTS) is 1. The maximum Gasteiger partial charge on any atom is 0.416 e. The van der Waals surface area contributed by atoms with E-state index in [0.717, 1.165) is 23.9 Å². The quantitative estimate of drug-likeness (QED) is 0.244. The van der Waals surface area contributed by atoms with Crippen molar-refractivity contribution in [2.24, 2.45) is 0 Å². The van der Waals surface area contributed by atoms with Crippen molar-refractivity contribution in [1.82, 2.24) is 0 Å². The van der Waals surface area contributed by atoms with E-state index in [1.807, 2.05) is 0 Å². The molecule has 0 saturated carbocycles. The van der Waals surface area contributed by atoms with Crippen LogP contribution in [0, 0.1) is 10.1 Å². The summed E-state index contributed by atoms with van der Waals surface area (Å²) in [6.07, 6.45) is -4.88. The van der Waals surface area contributed by atoms with Crippen LogP contribution in [0.3, 0.4) is 0 Å². The maximum atomic E-state index is 13.1. The summed E-state index contributed by atoms with van der Waals surface area (Å²) in [6, 6.07) is 8.69. The highest BCUT2D eigenvalue weighted by Gasteiger charge is 2.32. The highest BCUT2D eigenvalue weighted by molar-refractivity contribution is 7.99. The summed E-state index contributed by atoms with van der Waals surface area (Å²) in [6.45, 7) is 0. The van der Waals surface area contributed by atoms with Gasteiger partial charge in [-0.05, 0) is 48.5 Å². The van der Waals surface area contributed by atoms with Crippen LogP contribution < -0.4 is 4.72 Å². The first kappa shape index (κ1) is 26.6. The van der Waals surface area contributed by atoms with Gasteiger partial charge in [0.25, 0.3) is 15.7 Å². The summed E-state index contributed by atoms with van der Waals surface area (Å²) in [4.78, 5) is 22.0. The number of sulfonamides is 1. The van der Waals surface area contributed by atoms with Crippen molar-refractivity contribution >= 4 is 62.3 Å². The molecule has 0 amide bonds. The molecule has 0 radical (unpaired) electrons. The third-order valence-corrected chi connectivity index (χ3v) is 7.53. The molecule has 0 bridgehead atoms. The zero-order chi connectivity index (χ0) is 26.1. The number of benzene rings is 3. The fraction of sp³-hybridized carbons (Fsp3) is 0.0500. The third-order valence-electron chi connectivity index (χ3n) is 4.38. The van der Waals surface area contributed by atoms with Gasteiger partial charge in [-0.3, -0.25) is 14.8 Å². The zero-order valence-corrected chi connectivity index (χ0v) is 20.0. The minimum Gasteiger partial charge on any atom is -0.478 e. The number of nitro groups is 1. The van der Waals surface area contributed by atoms with Crippen LogP contribution in [-0.4, -0.2) is 24.4 Å². The summed E-state index contributed by atoms with van der Waals surface area (Å²) < 4.78 is 66.6. The summed E-state index contributed by atoms with van der Waals surface area (Å²) in [5, 5.41) is 21.3. The van der Waals surface area contributed by atoms with Gasteiger partial charge < -0.3 is 5.11 Å². The SMILES string of the molecule is O=C(O)c1ccc(C(F)(F)F)cc1NS(=O)(=O)c1ccc(Sc2ccc(Cl)c(Cl)c2)c([N+](=O)[O-])c1. The maximum absolute atomic E-state index is 13.1. The van der Waals surface area contributed by atoms with Gasteiger partial charge in [0.2, 0.25) is 0 Å². The first-order chi connectivity index (χ1) is 16.2. The molecule has 184 valence electrons. The Morgan fingerprint density at radius 2 is 1.71 bits per heavy atom. The first-order valence-corrected chi connectivity index (χ1v) is 12.1. The summed E-state index contributed by atoms with van der Waals surface area (Å²) in [7, 11) is -4.72. The lowest BCUT2D eigenvalue weighted by molar-refractivity contribution is -0.388. The number of nitrogens with one attached hydrogen (secondary N) is 1. The number of nitro benzene ring substituents is 1. The van der Waals surface area contributed by atoms with E-state index in [0.29, 0.717) is 29.2 Å². The molecule has 0 heterocycles. The van der Waals surface area contributed by atoms with E-state index in [9.17, 15) is 41.6 Å². The Labute approximate surface area is 209 Å². The number of hydrogen-bond acceptors (Lipinski definition) is 6. The predicted molar refractivity (Wildman–Crippen MR) is 123 cm³/mol. The molecule has 0 atom stereocenters. The minimum absolute atomic E-state index is 0.0395. The molecule has 0 saturated heterocycles. The van der Waals surface area contributed by atoms with Crippen LogP contribution in [0.1, 0.15) is 15.9 Å². The van der Waals surface area contributed by atoms with Crippen molar-refractivity contribution in [3.63, 3.8) is 0 Å². The van der Waals surface area contributed by atoms with E-state index in [-0.39, 0.29) is 14.9 Å². The lowest BCUT2D eigenvalue weighted by Gasteiger charge is -2.14. The van der Waals surface area contributed by atoms with Crippen LogP contribution in [0.4, 0.5) is 24.5 Å². The van der Waals surface area contributed by atoms with Gasteiger partial charge in [0.05, 0.1) is 41.6 Å². The fourth-order valence-electron chi connectivity index (χ4n) is 2.76. The normalized spacial score (nSPS) is 11.8. The topological polar surface area (TPSA) is 127 Å². The van der Waals surface area contributed by atoms with Gasteiger partial charge in [-0.15, -0.1) is 0 Å². The lowest BCUT2D eigenvalue weighted by Crippen LogP contribution is -2.17. The van der Waals surface area contributed by atoms with Crippen LogP contribution in [-0.2, 0) is 16.2 Å². The predicted octanol–water partition coefficient (Wildman–Crippen LogP) is 6.57. The van der Waals surface area contributed by atoms with Gasteiger partial charge in [-0.1, -0.05) is 35.0 Å². The molecule has 0 aromatic heterocycles. The Balaban J connectivity index is 2.02. The van der Waals surface area contributed by atoms with E-state index >= 15 is 0 Å². The number of carboxylic acids is 1. The molecule has 2 N–H and O–H groups in total. The lowest BCUT2D eigenvalue weighted by atomic mass is 10.1. The molecule has 3 aromatic carbocycles. The molecule has 0 aliphatic heterocycles. The molecule has 0 fully saturated rings. The van der Waals surface area contributed by atoms with Crippen LogP contribution in [0.25, 0.3) is 0 Å². The number of nitrogens with zero attached hydrogens (tertiary/aromatic N) is 1. The molecule has 0 aliphatic carbocycles. The second-order valence-electron chi connectivity index (χ2n) is 6.73. The molecule has 0 aliphatic rings. The van der Waals surface area contributed by atoms with Crippen LogP contribution in [0.15, 0.2) is 69.3 Å². The molecular weight excluding hydrogens is 556 g/mol. The molecule has 0 unspecified atom stereocenters. The summed E-state index contributed by atoms with van der Waals surface area (Å²) >= 11 is 12.7. The minimum atomic E-state index is -4.88. The molecule has 0 spiro atoms. The van der Waals surface area contributed by atoms with Crippen LogP contribution in [0.5, 0.6) is 0 Å². The monoisotopic (exact) mass is 566 g/mol. The van der Waals surface area contributed by atoms with Gasteiger partial charge >= 0.3 is 12.1 Å². The number of carbonyl (C=O) groups is 1. The molecule has 3 rings (SSSR count). The number of anilines is 1. The van der Waals surface area contributed by atoms with Crippen molar-refractivity contribution in [2.75, 3.05) is 4.72 Å². The van der Waals surface area contributed by atoms with Gasteiger partial charge in [0.15, 0.2) is 0 Å². The van der Waals surface area contributed by atoms with Gasteiger partial charge in [0.1, 0.15) is 0 Å². The number of rotatable bonds is 7. The molecule has 35 heavy (non-hydrogen) atoms. The summed E-state index contributed by atoms with van der Waals surface area (Å²) in [5.74, 6) is -1.68. The highest BCUT2D eigenvalue weighted by Crippen LogP contribution is 2.39. The van der Waals surface area contributed by atoms with Crippen LogP contribution in [0.2, 0.25) is 10.0 Å². The van der Waals surface area contributed by atoms with E-state index in [1.54, 1.807) is 4.72 Å². The fourth-order valence-corrected chi connectivity index (χ4v) is 5.15.